The van der Waals surface area contributed by atoms with Crippen LogP contribution < -0.4 is 10.5 Å². The zero-order valence-electron chi connectivity index (χ0n) is 23.9. The summed E-state index contributed by atoms with van der Waals surface area (Å²) < 4.78 is 6.09. The minimum atomic E-state index is -0.454. The summed E-state index contributed by atoms with van der Waals surface area (Å²) in [6.45, 7) is 11.0. The minimum Gasteiger partial charge on any atom is -0.422 e. The Morgan fingerprint density at radius 3 is 2.38 bits per heavy atom. The topological polar surface area (TPSA) is 98.1 Å². The molecule has 210 valence electrons. The van der Waals surface area contributed by atoms with Crippen LogP contribution in [0.2, 0.25) is 0 Å². The van der Waals surface area contributed by atoms with Gasteiger partial charge in [-0.25, -0.2) is 4.79 Å². The summed E-state index contributed by atoms with van der Waals surface area (Å²) in [7, 11) is 0. The molecule has 0 fully saturated rings. The third-order valence-electron chi connectivity index (χ3n) is 8.47. The number of carbonyl (C=O) groups is 1. The van der Waals surface area contributed by atoms with Crippen LogP contribution in [0, 0.1) is 22.7 Å². The lowest BCUT2D eigenvalue weighted by Crippen LogP contribution is -2.44. The third-order valence-corrected chi connectivity index (χ3v) is 10.8. The summed E-state index contributed by atoms with van der Waals surface area (Å²) in [5.41, 5.74) is 4.49. The number of nitrogens with zero attached hydrogens (tertiary/aromatic N) is 3. The zero-order chi connectivity index (χ0) is 29.8. The van der Waals surface area contributed by atoms with E-state index in [4.69, 9.17) is 9.68 Å². The number of rotatable bonds is 5. The van der Waals surface area contributed by atoms with E-state index in [0.717, 1.165) is 56.4 Å². The molecule has 5 heterocycles. The van der Waals surface area contributed by atoms with Crippen molar-refractivity contribution in [2.24, 2.45) is 0 Å². The highest BCUT2D eigenvalue weighted by Crippen LogP contribution is 2.51. The maximum Gasteiger partial charge on any atom is 0.343 e. The molecule has 0 unspecified atom stereocenters. The average Bonchev–Trinajstić information content (AvgIpc) is 3.63. The molecule has 2 aliphatic rings. The summed E-state index contributed by atoms with van der Waals surface area (Å²) in [4.78, 5) is 30.3. The Balaban J connectivity index is 1.42. The Kier molecular flexibility index (Phi) is 6.80. The molecule has 0 spiro atoms. The van der Waals surface area contributed by atoms with E-state index in [2.05, 4.69) is 44.7 Å². The molecule has 2 aliphatic heterocycles. The average molecular weight is 592 g/mol. The third kappa shape index (κ3) is 4.71. The van der Waals surface area contributed by atoms with Crippen molar-refractivity contribution in [2.45, 2.75) is 51.4 Å². The fraction of sp³-hybridized carbons (Fsp3) is 0.294. The Morgan fingerprint density at radius 1 is 0.952 bits per heavy atom. The van der Waals surface area contributed by atoms with E-state index in [1.54, 1.807) is 12.2 Å². The van der Waals surface area contributed by atoms with Crippen LogP contribution in [0.15, 0.2) is 51.2 Å². The van der Waals surface area contributed by atoms with Gasteiger partial charge in [0.15, 0.2) is 6.29 Å². The van der Waals surface area contributed by atoms with Gasteiger partial charge in [0.1, 0.15) is 17.7 Å². The number of fused-ring (bicyclic) bond motifs is 2. The number of aldehydes is 1. The SMILES string of the molecule is CC1(C)CCN2CCC(C)(C)c3c2c1cc1cc(/C=C(\C#N)c2ccc(-c4ccc(/C=C(/C#N)C=O)s4)s2)c(=O)oc31. The van der Waals surface area contributed by atoms with Gasteiger partial charge in [0.05, 0.1) is 16.7 Å². The number of allylic oxidation sites excluding steroid dienone is 2. The van der Waals surface area contributed by atoms with Gasteiger partial charge in [-0.05, 0) is 77.8 Å². The highest BCUT2D eigenvalue weighted by atomic mass is 32.1. The van der Waals surface area contributed by atoms with Gasteiger partial charge in [-0.1, -0.05) is 27.7 Å². The maximum atomic E-state index is 13.4. The Bertz CT molecular complexity index is 1970. The first kappa shape index (κ1) is 27.9. The van der Waals surface area contributed by atoms with Crippen molar-refractivity contribution in [1.82, 2.24) is 0 Å². The molecule has 6 rings (SSSR count). The number of hydrogen-bond acceptors (Lipinski definition) is 8. The molecule has 0 aliphatic carbocycles. The van der Waals surface area contributed by atoms with Gasteiger partial charge in [0, 0.05) is 49.2 Å². The van der Waals surface area contributed by atoms with E-state index >= 15 is 0 Å². The molecule has 3 aromatic heterocycles. The van der Waals surface area contributed by atoms with Crippen LogP contribution in [0.5, 0.6) is 0 Å². The smallest absolute Gasteiger partial charge is 0.343 e. The Morgan fingerprint density at radius 2 is 1.67 bits per heavy atom. The van der Waals surface area contributed by atoms with Crippen LogP contribution in [0.25, 0.3) is 38.4 Å². The van der Waals surface area contributed by atoms with Gasteiger partial charge in [0.2, 0.25) is 0 Å². The second-order valence-corrected chi connectivity index (χ2v) is 14.4. The van der Waals surface area contributed by atoms with Gasteiger partial charge in [-0.2, -0.15) is 10.5 Å². The van der Waals surface area contributed by atoms with Gasteiger partial charge in [-0.15, -0.1) is 22.7 Å². The first-order valence-electron chi connectivity index (χ1n) is 13.8. The summed E-state index contributed by atoms with van der Waals surface area (Å²) in [6.07, 6.45) is 5.77. The second-order valence-electron chi connectivity index (χ2n) is 12.2. The van der Waals surface area contributed by atoms with E-state index in [1.165, 1.54) is 33.9 Å². The number of nitriles is 2. The van der Waals surface area contributed by atoms with Gasteiger partial charge < -0.3 is 9.32 Å². The summed E-state index contributed by atoms with van der Waals surface area (Å²) in [5, 5.41) is 20.0. The lowest BCUT2D eigenvalue weighted by molar-refractivity contribution is -0.104. The molecule has 6 nitrogen and oxygen atoms in total. The normalized spacial score (nSPS) is 17.4. The fourth-order valence-corrected chi connectivity index (χ4v) is 8.03. The quantitative estimate of drug-likeness (QED) is 0.101. The number of hydrogen-bond donors (Lipinski definition) is 0. The Labute approximate surface area is 252 Å². The molecule has 42 heavy (non-hydrogen) atoms. The molecular formula is C34H29N3O3S2. The van der Waals surface area contributed by atoms with Gasteiger partial charge in [-0.3, -0.25) is 4.79 Å². The van der Waals surface area contributed by atoms with Crippen LogP contribution in [-0.2, 0) is 15.6 Å². The zero-order valence-corrected chi connectivity index (χ0v) is 25.5. The Hall–Kier alpha value is -4.24. The van der Waals surface area contributed by atoms with Crippen molar-refractivity contribution in [1.29, 1.82) is 10.5 Å². The molecule has 0 amide bonds. The van der Waals surface area contributed by atoms with E-state index in [-0.39, 0.29) is 16.4 Å². The first-order valence-corrected chi connectivity index (χ1v) is 15.5. The first-order chi connectivity index (χ1) is 20.0. The standard InChI is InChI=1S/C34H29N3O3S2/c1-33(2)9-11-37-12-10-34(3,4)29-30(37)25(33)16-21-14-22(32(39)40-31(21)29)15-23(18-36)26-7-8-28(42-26)27-6-5-24(41-27)13-20(17-35)19-38/h5-8,13-16,19H,9-12H2,1-4H3/b20-13-,23-15+. The van der Waals surface area contributed by atoms with E-state index < -0.39 is 5.63 Å². The summed E-state index contributed by atoms with van der Waals surface area (Å²) in [5.74, 6) is 0. The molecule has 0 atom stereocenters. The largest absolute Gasteiger partial charge is 0.422 e. The molecule has 0 radical (unpaired) electrons. The lowest BCUT2D eigenvalue weighted by atomic mass is 9.69. The monoisotopic (exact) mass is 591 g/mol. The van der Waals surface area contributed by atoms with Crippen molar-refractivity contribution >= 4 is 63.3 Å². The van der Waals surface area contributed by atoms with Crippen molar-refractivity contribution in [3.8, 4) is 21.9 Å². The second kappa shape index (κ2) is 10.2. The molecule has 0 saturated carbocycles. The van der Waals surface area contributed by atoms with Crippen molar-refractivity contribution in [3.63, 3.8) is 0 Å². The number of benzene rings is 1. The summed E-state index contributed by atoms with van der Waals surface area (Å²) in [6, 6.07) is 15.8. The van der Waals surface area contributed by atoms with Crippen LogP contribution in [0.3, 0.4) is 0 Å². The van der Waals surface area contributed by atoms with Crippen LogP contribution in [-0.4, -0.2) is 19.4 Å². The number of carbonyl (C=O) groups excluding carboxylic acids is 1. The summed E-state index contributed by atoms with van der Waals surface area (Å²) >= 11 is 2.91. The van der Waals surface area contributed by atoms with Crippen LogP contribution >= 0.6 is 22.7 Å². The fourth-order valence-electron chi connectivity index (χ4n) is 6.01. The molecule has 1 aromatic carbocycles. The lowest BCUT2D eigenvalue weighted by Gasteiger charge is -2.48. The van der Waals surface area contributed by atoms with Gasteiger partial charge in [0.25, 0.3) is 0 Å². The molecular weight excluding hydrogens is 563 g/mol. The van der Waals surface area contributed by atoms with Crippen molar-refractivity contribution < 1.29 is 9.21 Å². The van der Waals surface area contributed by atoms with Crippen LogP contribution in [0.1, 0.15) is 67.0 Å². The predicted octanol–water partition coefficient (Wildman–Crippen LogP) is 7.92. The van der Waals surface area contributed by atoms with Gasteiger partial charge >= 0.3 is 5.63 Å². The van der Waals surface area contributed by atoms with E-state index in [9.17, 15) is 14.9 Å². The van der Waals surface area contributed by atoms with Crippen molar-refractivity contribution in [3.05, 3.63) is 78.8 Å². The number of thiophene rings is 2. The number of anilines is 1. The molecule has 4 aromatic rings. The molecule has 0 N–H and O–H groups in total. The van der Waals surface area contributed by atoms with E-state index in [0.29, 0.717) is 23.0 Å². The maximum absolute atomic E-state index is 13.4. The van der Waals surface area contributed by atoms with Crippen molar-refractivity contribution in [2.75, 3.05) is 18.0 Å². The molecule has 0 bridgehead atoms. The highest BCUT2D eigenvalue weighted by molar-refractivity contribution is 7.23. The van der Waals surface area contributed by atoms with E-state index in [1.807, 2.05) is 36.4 Å². The van der Waals surface area contributed by atoms with Crippen LogP contribution in [0.4, 0.5) is 5.69 Å². The highest BCUT2D eigenvalue weighted by Gasteiger charge is 2.41. The molecule has 0 saturated heterocycles. The minimum absolute atomic E-state index is 0.000377. The predicted molar refractivity (Wildman–Crippen MR) is 171 cm³/mol. The molecule has 8 heteroatoms.